The molecule has 1 aromatic rings. The third-order valence-corrected chi connectivity index (χ3v) is 6.27. The molecule has 0 saturated carbocycles. The number of aliphatic carboxylic acids is 1. The summed E-state index contributed by atoms with van der Waals surface area (Å²) < 4.78 is 31.5. The molecule has 0 amide bonds. The van der Waals surface area contributed by atoms with Crippen LogP contribution in [0.15, 0.2) is 18.2 Å². The predicted octanol–water partition coefficient (Wildman–Crippen LogP) is 6.54. The monoisotopic (exact) mass is 597 g/mol. The third-order valence-electron chi connectivity index (χ3n) is 6.27. The number of hydrogen-bond acceptors (Lipinski definition) is 11. The number of carboxylic acids is 1. The Morgan fingerprint density at radius 2 is 1.14 bits per heavy atom. The molecule has 42 heavy (non-hydrogen) atoms. The number of hydrogen-bond donors (Lipinski definition) is 2. The molecule has 3 N–H and O–H groups in total. The van der Waals surface area contributed by atoms with Crippen LogP contribution in [-0.2, 0) is 30.2 Å². The molecule has 0 heterocycles. The summed E-state index contributed by atoms with van der Waals surface area (Å²) in [7, 11) is 0. The summed E-state index contributed by atoms with van der Waals surface area (Å²) in [5.74, 6) is -1.66. The molecule has 12 nitrogen and oxygen atoms in total. The Balaban J connectivity index is 3.16. The van der Waals surface area contributed by atoms with Crippen molar-refractivity contribution in [1.29, 1.82) is 0 Å². The molecular weight excluding hydrogens is 550 g/mol. The van der Waals surface area contributed by atoms with Gasteiger partial charge in [-0.1, -0.05) is 46.1 Å². The summed E-state index contributed by atoms with van der Waals surface area (Å²) in [6.07, 6.45) is -1.17. The van der Waals surface area contributed by atoms with Gasteiger partial charge < -0.3 is 39.3 Å². The maximum absolute atomic E-state index is 12.5. The van der Waals surface area contributed by atoms with Gasteiger partial charge in [0.1, 0.15) is 30.0 Å². The first kappa shape index (κ1) is 36.5. The lowest BCUT2D eigenvalue weighted by Gasteiger charge is -2.28. The van der Waals surface area contributed by atoms with Gasteiger partial charge in [-0.05, 0) is 64.7 Å². The molecule has 1 rings (SSSR count). The molecule has 0 aliphatic rings. The fourth-order valence-electron chi connectivity index (χ4n) is 4.29. The van der Waals surface area contributed by atoms with Gasteiger partial charge in [-0.25, -0.2) is 14.4 Å². The molecule has 12 heteroatoms. The van der Waals surface area contributed by atoms with E-state index in [9.17, 15) is 24.3 Å². The Morgan fingerprint density at radius 1 is 0.714 bits per heavy atom. The number of benzene rings is 1. The van der Waals surface area contributed by atoms with E-state index in [4.69, 9.17) is 34.2 Å². The number of carbonyl (C=O) groups excluding carboxylic acids is 3. The van der Waals surface area contributed by atoms with Crippen molar-refractivity contribution in [2.45, 2.75) is 130 Å². The zero-order valence-corrected chi connectivity index (χ0v) is 25.8. The Morgan fingerprint density at radius 3 is 1.60 bits per heavy atom. The van der Waals surface area contributed by atoms with Gasteiger partial charge in [-0.3, -0.25) is 4.79 Å². The Bertz CT molecular complexity index is 1030. The zero-order chi connectivity index (χ0) is 31.9. The zero-order valence-electron chi connectivity index (χ0n) is 25.8. The molecule has 4 unspecified atom stereocenters. The molecule has 238 valence electrons. The van der Waals surface area contributed by atoms with Gasteiger partial charge >= 0.3 is 24.4 Å². The summed E-state index contributed by atoms with van der Waals surface area (Å²) in [6.45, 7) is 12.5. The molecule has 0 saturated heterocycles. The van der Waals surface area contributed by atoms with E-state index < -0.39 is 48.3 Å². The van der Waals surface area contributed by atoms with Crippen molar-refractivity contribution in [3.63, 3.8) is 0 Å². The number of rotatable bonds is 17. The molecule has 0 aliphatic heterocycles. The molecule has 1 aromatic carbocycles. The topological polar surface area (TPSA) is 170 Å². The number of carboxylic acid groups (broad SMARTS) is 1. The van der Waals surface area contributed by atoms with Gasteiger partial charge in [0.15, 0.2) is 11.5 Å². The third kappa shape index (κ3) is 13.4. The van der Waals surface area contributed by atoms with Gasteiger partial charge in [-0.15, -0.1) is 0 Å². The van der Waals surface area contributed by atoms with Crippen LogP contribution in [0, 0.1) is 0 Å². The summed E-state index contributed by atoms with van der Waals surface area (Å²) in [5.41, 5.74) is 4.75. The second kappa shape index (κ2) is 18.1. The Labute approximate surface area is 248 Å². The van der Waals surface area contributed by atoms with Gasteiger partial charge in [-0.2, -0.15) is 0 Å². The maximum Gasteiger partial charge on any atom is 0.514 e. The van der Waals surface area contributed by atoms with Crippen LogP contribution in [0.4, 0.5) is 14.4 Å². The lowest BCUT2D eigenvalue weighted by atomic mass is 9.86. The van der Waals surface area contributed by atoms with Crippen LogP contribution in [0.5, 0.6) is 11.5 Å². The fourth-order valence-corrected chi connectivity index (χ4v) is 4.29. The highest BCUT2D eigenvalue weighted by molar-refractivity contribution is 5.79. The smallest absolute Gasteiger partial charge is 0.480 e. The highest BCUT2D eigenvalue weighted by atomic mass is 16.8. The maximum atomic E-state index is 12.5. The average molecular weight is 598 g/mol. The van der Waals surface area contributed by atoms with Crippen molar-refractivity contribution in [3.8, 4) is 11.5 Å². The minimum Gasteiger partial charge on any atom is -0.480 e. The number of nitrogens with two attached hydrogens (primary N) is 1. The summed E-state index contributed by atoms with van der Waals surface area (Å²) in [6, 6.07) is 4.15. The van der Waals surface area contributed by atoms with E-state index >= 15 is 0 Å². The van der Waals surface area contributed by atoms with E-state index in [-0.39, 0.29) is 30.4 Å². The molecule has 0 aromatic heterocycles. The average Bonchev–Trinajstić information content (AvgIpc) is 2.85. The van der Waals surface area contributed by atoms with E-state index in [1.807, 2.05) is 20.8 Å². The van der Waals surface area contributed by atoms with Gasteiger partial charge in [0.25, 0.3) is 0 Å². The SMILES string of the molecule is CCCC(C)OC(=O)Oc1ccc(CC(N)(C[C@H](C)OC(=O)OC(C)CCC)C(=O)O)cc1OC(=O)OC(C)CCC. The quantitative estimate of drug-likeness (QED) is 0.113. The largest absolute Gasteiger partial charge is 0.514 e. The lowest BCUT2D eigenvalue weighted by molar-refractivity contribution is -0.144. The molecule has 0 bridgehead atoms. The minimum atomic E-state index is -1.88. The first-order valence-corrected chi connectivity index (χ1v) is 14.5. The summed E-state index contributed by atoms with van der Waals surface area (Å²) >= 11 is 0. The van der Waals surface area contributed by atoms with Crippen LogP contribution in [0.1, 0.15) is 99.0 Å². The molecule has 0 spiro atoms. The van der Waals surface area contributed by atoms with Crippen molar-refractivity contribution in [3.05, 3.63) is 23.8 Å². The van der Waals surface area contributed by atoms with E-state index in [2.05, 4.69) is 0 Å². The normalized spacial score (nSPS) is 15.2. The van der Waals surface area contributed by atoms with Crippen LogP contribution in [-0.4, -0.2) is 59.5 Å². The van der Waals surface area contributed by atoms with Crippen molar-refractivity contribution in [1.82, 2.24) is 0 Å². The van der Waals surface area contributed by atoms with E-state index in [1.54, 1.807) is 20.8 Å². The fraction of sp³-hybridized carbons (Fsp3) is 0.667. The Kier molecular flexibility index (Phi) is 15.7. The van der Waals surface area contributed by atoms with Gasteiger partial charge in [0.2, 0.25) is 0 Å². The van der Waals surface area contributed by atoms with Crippen LogP contribution in [0.3, 0.4) is 0 Å². The molecule has 0 aliphatic carbocycles. The van der Waals surface area contributed by atoms with E-state index in [1.165, 1.54) is 25.1 Å². The standard InChI is InChI=1S/C30H47NO11/c1-8-11-19(4)37-27(34)40-22(7)17-30(31,26(32)33)18-23-14-15-24(41-28(35)38-20(5)12-9-2)25(16-23)42-29(36)39-21(6)13-10-3/h14-16,19-22H,8-13,17-18,31H2,1-7H3,(H,32,33)/t19?,20?,21?,22-,30?/m0/s1. The highest BCUT2D eigenvalue weighted by Gasteiger charge is 2.37. The van der Waals surface area contributed by atoms with Crippen LogP contribution >= 0.6 is 0 Å². The first-order chi connectivity index (χ1) is 19.7. The van der Waals surface area contributed by atoms with E-state index in [0.717, 1.165) is 19.3 Å². The second-order valence-corrected chi connectivity index (χ2v) is 10.7. The lowest BCUT2D eigenvalue weighted by Crippen LogP contribution is -2.52. The van der Waals surface area contributed by atoms with Crippen LogP contribution in [0.25, 0.3) is 0 Å². The predicted molar refractivity (Wildman–Crippen MR) is 154 cm³/mol. The van der Waals surface area contributed by atoms with Crippen molar-refractivity contribution in [2.24, 2.45) is 5.73 Å². The minimum absolute atomic E-state index is 0.133. The summed E-state index contributed by atoms with van der Waals surface area (Å²) in [4.78, 5) is 49.2. The van der Waals surface area contributed by atoms with Crippen molar-refractivity contribution in [2.75, 3.05) is 0 Å². The molecule has 5 atom stereocenters. The Hall–Kier alpha value is -3.54. The molecule has 0 fully saturated rings. The molecular formula is C30H47NO11. The molecule has 0 radical (unpaired) electrons. The summed E-state index contributed by atoms with van der Waals surface area (Å²) in [5, 5.41) is 9.97. The van der Waals surface area contributed by atoms with Crippen molar-refractivity contribution < 1.29 is 52.7 Å². The number of carbonyl (C=O) groups is 4. The number of ether oxygens (including phenoxy) is 6. The second-order valence-electron chi connectivity index (χ2n) is 10.7. The highest BCUT2D eigenvalue weighted by Crippen LogP contribution is 2.32. The first-order valence-electron chi connectivity index (χ1n) is 14.5. The van der Waals surface area contributed by atoms with Gasteiger partial charge in [0, 0.05) is 12.8 Å². The van der Waals surface area contributed by atoms with Crippen molar-refractivity contribution >= 4 is 24.4 Å². The van der Waals surface area contributed by atoms with E-state index in [0.29, 0.717) is 24.8 Å². The van der Waals surface area contributed by atoms with Crippen LogP contribution < -0.4 is 15.2 Å². The van der Waals surface area contributed by atoms with Crippen LogP contribution in [0.2, 0.25) is 0 Å². The van der Waals surface area contributed by atoms with Gasteiger partial charge in [0.05, 0.1) is 0 Å².